The van der Waals surface area contributed by atoms with Crippen molar-refractivity contribution in [2.24, 2.45) is 0 Å². The fraction of sp³-hybridized carbons (Fsp3) is 0.500. The first-order chi connectivity index (χ1) is 8.33. The maximum absolute atomic E-state index is 11.9. The van der Waals surface area contributed by atoms with Crippen LogP contribution in [-0.4, -0.2) is 22.7 Å². The van der Waals surface area contributed by atoms with Crippen LogP contribution in [0.1, 0.15) is 33.3 Å². The molecule has 2 N–H and O–H groups in total. The minimum absolute atomic E-state index is 0.107. The van der Waals surface area contributed by atoms with E-state index >= 15 is 0 Å². The Labute approximate surface area is 108 Å². The summed E-state index contributed by atoms with van der Waals surface area (Å²) >= 11 is 0. The molecule has 1 aromatic carbocycles. The number of ether oxygens (including phenoxy) is 1. The van der Waals surface area contributed by atoms with Crippen molar-refractivity contribution in [1.29, 1.82) is 0 Å². The zero-order valence-electron chi connectivity index (χ0n) is 11.4. The number of aliphatic hydroxyl groups excluding tert-OH is 1. The second-order valence-corrected chi connectivity index (χ2v) is 5.27. The van der Waals surface area contributed by atoms with E-state index in [1.54, 1.807) is 19.1 Å². The minimum Gasteiger partial charge on any atom is -0.481 e. The van der Waals surface area contributed by atoms with Gasteiger partial charge in [-0.15, -0.1) is 0 Å². The number of hydrogen-bond donors (Lipinski definition) is 2. The lowest BCUT2D eigenvalue weighted by atomic mass is 10.1. The van der Waals surface area contributed by atoms with E-state index in [1.807, 2.05) is 32.9 Å². The van der Waals surface area contributed by atoms with Gasteiger partial charge in [0, 0.05) is 11.1 Å². The highest BCUT2D eigenvalue weighted by Gasteiger charge is 2.21. The van der Waals surface area contributed by atoms with Crippen molar-refractivity contribution in [1.82, 2.24) is 5.32 Å². The molecule has 0 saturated heterocycles. The summed E-state index contributed by atoms with van der Waals surface area (Å²) in [5, 5.41) is 12.0. The lowest BCUT2D eigenvalue weighted by Crippen LogP contribution is -2.46. The van der Waals surface area contributed by atoms with Crippen LogP contribution in [0.2, 0.25) is 0 Å². The van der Waals surface area contributed by atoms with Gasteiger partial charge in [-0.25, -0.2) is 0 Å². The summed E-state index contributed by atoms with van der Waals surface area (Å²) in [7, 11) is 0. The van der Waals surface area contributed by atoms with Crippen LogP contribution in [0, 0.1) is 0 Å². The summed E-state index contributed by atoms with van der Waals surface area (Å²) in [5.74, 6) is 0.367. The molecule has 1 atom stereocenters. The van der Waals surface area contributed by atoms with Crippen molar-refractivity contribution in [3.05, 3.63) is 29.8 Å². The molecule has 1 unspecified atom stereocenters. The van der Waals surface area contributed by atoms with Crippen molar-refractivity contribution < 1.29 is 14.6 Å². The molecule has 0 aliphatic carbocycles. The fourth-order valence-electron chi connectivity index (χ4n) is 1.46. The number of rotatable bonds is 4. The lowest BCUT2D eigenvalue weighted by molar-refractivity contribution is -0.128. The normalized spacial score (nSPS) is 12.9. The average Bonchev–Trinajstić information content (AvgIpc) is 2.27. The van der Waals surface area contributed by atoms with E-state index in [9.17, 15) is 9.90 Å². The zero-order valence-corrected chi connectivity index (χ0v) is 11.4. The third-order valence-electron chi connectivity index (χ3n) is 2.31. The van der Waals surface area contributed by atoms with Crippen LogP contribution in [-0.2, 0) is 11.4 Å². The largest absolute Gasteiger partial charge is 0.481 e. The van der Waals surface area contributed by atoms with Crippen LogP contribution >= 0.6 is 0 Å². The second-order valence-electron chi connectivity index (χ2n) is 5.27. The van der Waals surface area contributed by atoms with E-state index in [-0.39, 0.29) is 18.1 Å². The van der Waals surface area contributed by atoms with Gasteiger partial charge in [-0.05, 0) is 33.8 Å². The molecule has 0 saturated carbocycles. The predicted molar refractivity (Wildman–Crippen MR) is 70.4 cm³/mol. The molecule has 4 heteroatoms. The SMILES string of the molecule is CC(Oc1ccccc1CO)C(=O)NC(C)(C)C. The molecule has 1 amide bonds. The molecule has 0 fully saturated rings. The van der Waals surface area contributed by atoms with Gasteiger partial charge in [-0.1, -0.05) is 18.2 Å². The van der Waals surface area contributed by atoms with Gasteiger partial charge in [0.2, 0.25) is 0 Å². The minimum atomic E-state index is -0.600. The Hall–Kier alpha value is -1.55. The van der Waals surface area contributed by atoms with Crippen molar-refractivity contribution in [3.8, 4) is 5.75 Å². The molecule has 0 heterocycles. The van der Waals surface area contributed by atoms with Gasteiger partial charge in [0.15, 0.2) is 6.10 Å². The van der Waals surface area contributed by atoms with E-state index < -0.39 is 6.10 Å². The summed E-state index contributed by atoms with van der Waals surface area (Å²) in [6, 6.07) is 7.14. The summed E-state index contributed by atoms with van der Waals surface area (Å²) < 4.78 is 5.57. The maximum Gasteiger partial charge on any atom is 0.261 e. The molecular weight excluding hydrogens is 230 g/mol. The van der Waals surface area contributed by atoms with E-state index in [0.29, 0.717) is 11.3 Å². The quantitative estimate of drug-likeness (QED) is 0.858. The van der Waals surface area contributed by atoms with E-state index in [2.05, 4.69) is 5.32 Å². The first-order valence-electron chi connectivity index (χ1n) is 6.01. The maximum atomic E-state index is 11.9. The first kappa shape index (κ1) is 14.5. The van der Waals surface area contributed by atoms with Crippen molar-refractivity contribution in [2.45, 2.75) is 45.9 Å². The molecule has 4 nitrogen and oxygen atoms in total. The van der Waals surface area contributed by atoms with E-state index in [1.165, 1.54) is 0 Å². The Morgan fingerprint density at radius 2 is 2.00 bits per heavy atom. The number of carbonyl (C=O) groups is 1. The summed E-state index contributed by atoms with van der Waals surface area (Å²) in [4.78, 5) is 11.9. The highest BCUT2D eigenvalue weighted by atomic mass is 16.5. The van der Waals surface area contributed by atoms with E-state index in [4.69, 9.17) is 4.74 Å². The molecule has 1 rings (SSSR count). The third kappa shape index (κ3) is 4.37. The van der Waals surface area contributed by atoms with Gasteiger partial charge in [-0.3, -0.25) is 4.79 Å². The van der Waals surface area contributed by atoms with Gasteiger partial charge in [-0.2, -0.15) is 0 Å². The molecule has 1 aromatic rings. The molecule has 0 aromatic heterocycles. The molecule has 0 aliphatic heterocycles. The smallest absolute Gasteiger partial charge is 0.261 e. The van der Waals surface area contributed by atoms with Crippen LogP contribution in [0.5, 0.6) is 5.75 Å². The number of hydrogen-bond acceptors (Lipinski definition) is 3. The highest BCUT2D eigenvalue weighted by Crippen LogP contribution is 2.19. The van der Waals surface area contributed by atoms with Gasteiger partial charge in [0.1, 0.15) is 5.75 Å². The average molecular weight is 251 g/mol. The fourth-order valence-corrected chi connectivity index (χ4v) is 1.46. The Morgan fingerprint density at radius 3 is 2.56 bits per heavy atom. The highest BCUT2D eigenvalue weighted by molar-refractivity contribution is 5.81. The van der Waals surface area contributed by atoms with Gasteiger partial charge in [0.05, 0.1) is 6.61 Å². The van der Waals surface area contributed by atoms with Crippen LogP contribution in [0.25, 0.3) is 0 Å². The number of nitrogens with one attached hydrogen (secondary N) is 1. The predicted octanol–water partition coefficient (Wildman–Crippen LogP) is 1.86. The molecule has 0 bridgehead atoms. The number of amides is 1. The Kier molecular flexibility index (Phi) is 4.73. The molecule has 0 radical (unpaired) electrons. The van der Waals surface area contributed by atoms with Crippen LogP contribution in [0.3, 0.4) is 0 Å². The molecule has 0 aliphatic rings. The monoisotopic (exact) mass is 251 g/mol. The van der Waals surface area contributed by atoms with E-state index in [0.717, 1.165) is 0 Å². The number of carbonyl (C=O) groups excluding carboxylic acids is 1. The first-order valence-corrected chi connectivity index (χ1v) is 6.01. The lowest BCUT2D eigenvalue weighted by Gasteiger charge is -2.24. The van der Waals surface area contributed by atoms with Crippen LogP contribution in [0.15, 0.2) is 24.3 Å². The van der Waals surface area contributed by atoms with Gasteiger partial charge < -0.3 is 15.2 Å². The van der Waals surface area contributed by atoms with Gasteiger partial charge >= 0.3 is 0 Å². The zero-order chi connectivity index (χ0) is 13.8. The van der Waals surface area contributed by atoms with Crippen LogP contribution < -0.4 is 10.1 Å². The topological polar surface area (TPSA) is 58.6 Å². The third-order valence-corrected chi connectivity index (χ3v) is 2.31. The molecule has 100 valence electrons. The standard InChI is InChI=1S/C14H21NO3/c1-10(13(17)15-14(2,3)4)18-12-8-6-5-7-11(12)9-16/h5-8,10,16H,9H2,1-4H3,(H,15,17). The van der Waals surface area contributed by atoms with Gasteiger partial charge in [0.25, 0.3) is 5.91 Å². The van der Waals surface area contributed by atoms with Crippen LogP contribution in [0.4, 0.5) is 0 Å². The van der Waals surface area contributed by atoms with Crippen molar-refractivity contribution in [3.63, 3.8) is 0 Å². The molecule has 0 spiro atoms. The Bertz CT molecular complexity index is 410. The number of para-hydroxylation sites is 1. The molecular formula is C14H21NO3. The second kappa shape index (κ2) is 5.87. The van der Waals surface area contributed by atoms with Crippen molar-refractivity contribution >= 4 is 5.91 Å². The Morgan fingerprint density at radius 1 is 1.39 bits per heavy atom. The summed E-state index contributed by atoms with van der Waals surface area (Å²) in [6.45, 7) is 7.33. The van der Waals surface area contributed by atoms with Crippen molar-refractivity contribution in [2.75, 3.05) is 0 Å². The Balaban J connectivity index is 2.69. The number of benzene rings is 1. The molecule has 18 heavy (non-hydrogen) atoms. The summed E-state index contributed by atoms with van der Waals surface area (Å²) in [6.07, 6.45) is -0.600. The summed E-state index contributed by atoms with van der Waals surface area (Å²) in [5.41, 5.74) is 0.387. The number of aliphatic hydroxyl groups is 1.